The van der Waals surface area contributed by atoms with Crippen molar-refractivity contribution in [1.82, 2.24) is 29.5 Å². The molecule has 42 heavy (non-hydrogen) atoms. The zero-order valence-corrected chi connectivity index (χ0v) is 23.0. The zero-order valence-electron chi connectivity index (χ0n) is 23.0. The van der Waals surface area contributed by atoms with Gasteiger partial charge in [0.05, 0.1) is 24.5 Å². The summed E-state index contributed by atoms with van der Waals surface area (Å²) in [6, 6.07) is 41.8. The van der Waals surface area contributed by atoms with Crippen molar-refractivity contribution in [3.05, 3.63) is 157 Å². The van der Waals surface area contributed by atoms with Crippen LogP contribution >= 0.6 is 0 Å². The van der Waals surface area contributed by atoms with Gasteiger partial charge in [0.2, 0.25) is 0 Å². The van der Waals surface area contributed by atoms with Gasteiger partial charge in [0.15, 0.2) is 0 Å². The molecular weight excluding hydrogens is 516 g/mol. The third-order valence-corrected chi connectivity index (χ3v) is 7.23. The summed E-state index contributed by atoms with van der Waals surface area (Å²) in [6.45, 7) is 1.40. The van der Waals surface area contributed by atoms with Crippen LogP contribution in [-0.2, 0) is 13.1 Å². The van der Waals surface area contributed by atoms with E-state index < -0.39 is 0 Å². The Morgan fingerprint density at radius 3 is 1.31 bits per heavy atom. The Morgan fingerprint density at radius 2 is 0.881 bits per heavy atom. The molecule has 0 N–H and O–H groups in total. The Bertz CT molecular complexity index is 1780. The molecule has 0 radical (unpaired) electrons. The molecule has 0 unspecified atom stereocenters. The molecule has 0 spiro atoms. The molecule has 7 rings (SSSR count). The lowest BCUT2D eigenvalue weighted by Crippen LogP contribution is -2.01. The monoisotopic (exact) mass is 544 g/mol. The Morgan fingerprint density at radius 1 is 0.405 bits per heavy atom. The molecule has 4 heterocycles. The minimum Gasteiger partial charge on any atom is -0.268 e. The van der Waals surface area contributed by atoms with Crippen LogP contribution in [0.15, 0.2) is 146 Å². The predicted octanol–water partition coefficient (Wildman–Crippen LogP) is 7.63. The van der Waals surface area contributed by atoms with E-state index in [-0.39, 0.29) is 0 Å². The molecule has 7 aromatic rings. The van der Waals surface area contributed by atoms with Gasteiger partial charge < -0.3 is 0 Å². The van der Waals surface area contributed by atoms with Crippen LogP contribution in [0.1, 0.15) is 11.1 Å². The van der Waals surface area contributed by atoms with Crippen LogP contribution < -0.4 is 0 Å². The van der Waals surface area contributed by atoms with Gasteiger partial charge in [0.25, 0.3) is 0 Å². The van der Waals surface area contributed by atoms with E-state index >= 15 is 0 Å². The number of aromatic nitrogens is 6. The fourth-order valence-corrected chi connectivity index (χ4v) is 5.13. The van der Waals surface area contributed by atoms with Crippen LogP contribution in [0.25, 0.3) is 45.0 Å². The quantitative estimate of drug-likeness (QED) is 0.197. The third kappa shape index (κ3) is 5.64. The summed E-state index contributed by atoms with van der Waals surface area (Å²) in [6.07, 6.45) is 7.60. The van der Waals surface area contributed by atoms with E-state index in [1.165, 1.54) is 33.4 Å². The van der Waals surface area contributed by atoms with Crippen LogP contribution in [0.3, 0.4) is 0 Å². The third-order valence-electron chi connectivity index (χ3n) is 7.23. The first-order chi connectivity index (χ1) is 20.8. The summed E-state index contributed by atoms with van der Waals surface area (Å²) in [5.41, 5.74) is 10.7. The van der Waals surface area contributed by atoms with E-state index in [0.29, 0.717) is 13.1 Å². The second kappa shape index (κ2) is 11.5. The smallest absolute Gasteiger partial charge is 0.111 e. The number of nitrogens with zero attached hydrogens (tertiary/aromatic N) is 6. The summed E-state index contributed by atoms with van der Waals surface area (Å²) in [5, 5.41) is 9.44. The van der Waals surface area contributed by atoms with E-state index in [1.807, 2.05) is 70.3 Å². The SMILES string of the molecule is c1ccc(-c2ccn(Cc3cccc(-c4ccc(-c5cccc(Cn6ccc(-c7ccccn7)n6)c5)cc4)c3)n2)nc1. The highest BCUT2D eigenvalue weighted by Crippen LogP contribution is 2.27. The van der Waals surface area contributed by atoms with Crippen LogP contribution in [0.4, 0.5) is 0 Å². The van der Waals surface area contributed by atoms with Crippen molar-refractivity contribution in [2.45, 2.75) is 13.1 Å². The molecule has 0 saturated heterocycles. The van der Waals surface area contributed by atoms with Crippen molar-refractivity contribution in [3.63, 3.8) is 0 Å². The molecule has 202 valence electrons. The van der Waals surface area contributed by atoms with E-state index in [1.54, 1.807) is 12.4 Å². The lowest BCUT2D eigenvalue weighted by atomic mass is 9.98. The number of pyridine rings is 2. The van der Waals surface area contributed by atoms with Crippen LogP contribution in [0, 0.1) is 0 Å². The normalized spacial score (nSPS) is 11.0. The van der Waals surface area contributed by atoms with Crippen molar-refractivity contribution in [3.8, 4) is 45.0 Å². The van der Waals surface area contributed by atoms with Crippen molar-refractivity contribution >= 4 is 0 Å². The Kier molecular flexibility index (Phi) is 6.92. The average molecular weight is 545 g/mol. The van der Waals surface area contributed by atoms with Gasteiger partial charge in [-0.15, -0.1) is 0 Å². The first-order valence-corrected chi connectivity index (χ1v) is 14.0. The second-order valence-corrected chi connectivity index (χ2v) is 10.2. The maximum absolute atomic E-state index is 4.72. The number of rotatable bonds is 8. The topological polar surface area (TPSA) is 61.4 Å². The van der Waals surface area contributed by atoms with Crippen molar-refractivity contribution in [1.29, 1.82) is 0 Å². The first kappa shape index (κ1) is 25.4. The minimum atomic E-state index is 0.700. The molecule has 0 aliphatic heterocycles. The molecule has 0 saturated carbocycles. The summed E-state index contributed by atoms with van der Waals surface area (Å²) >= 11 is 0. The van der Waals surface area contributed by atoms with E-state index in [0.717, 1.165) is 22.8 Å². The van der Waals surface area contributed by atoms with Crippen LogP contribution in [0.2, 0.25) is 0 Å². The standard InChI is InChI=1S/C36H28N6/c1-3-19-37-33(11-1)35-17-21-41(39-35)25-27-7-5-9-31(23-27)29-13-15-30(16-14-29)32-10-6-8-28(24-32)26-42-22-18-36(40-42)34-12-2-4-20-38-34/h1-24H,25-26H2. The van der Waals surface area contributed by atoms with Gasteiger partial charge in [0.1, 0.15) is 11.4 Å². The summed E-state index contributed by atoms with van der Waals surface area (Å²) < 4.78 is 3.92. The molecule has 4 aromatic heterocycles. The van der Waals surface area contributed by atoms with Crippen molar-refractivity contribution < 1.29 is 0 Å². The molecule has 0 atom stereocenters. The van der Waals surface area contributed by atoms with Crippen LogP contribution in [-0.4, -0.2) is 29.5 Å². The van der Waals surface area contributed by atoms with Gasteiger partial charge in [-0.2, -0.15) is 10.2 Å². The maximum Gasteiger partial charge on any atom is 0.111 e. The van der Waals surface area contributed by atoms with Gasteiger partial charge in [-0.1, -0.05) is 72.8 Å². The van der Waals surface area contributed by atoms with Crippen molar-refractivity contribution in [2.75, 3.05) is 0 Å². The summed E-state index contributed by atoms with van der Waals surface area (Å²) in [4.78, 5) is 8.81. The molecule has 6 nitrogen and oxygen atoms in total. The van der Waals surface area contributed by atoms with Gasteiger partial charge >= 0.3 is 0 Å². The van der Waals surface area contributed by atoms with E-state index in [4.69, 9.17) is 10.2 Å². The van der Waals surface area contributed by atoms with Gasteiger partial charge in [0, 0.05) is 24.8 Å². The fourth-order valence-electron chi connectivity index (χ4n) is 5.13. The molecule has 3 aromatic carbocycles. The highest BCUT2D eigenvalue weighted by Gasteiger charge is 2.07. The van der Waals surface area contributed by atoms with Gasteiger partial charge in [-0.05, 0) is 81.9 Å². The maximum atomic E-state index is 4.72. The summed E-state index contributed by atoms with van der Waals surface area (Å²) in [5.74, 6) is 0. The second-order valence-electron chi connectivity index (χ2n) is 10.2. The Labute approximate surface area is 244 Å². The Hall–Kier alpha value is -5.62. The first-order valence-electron chi connectivity index (χ1n) is 14.0. The van der Waals surface area contributed by atoms with Crippen molar-refractivity contribution in [2.24, 2.45) is 0 Å². The number of benzene rings is 3. The highest BCUT2D eigenvalue weighted by atomic mass is 15.3. The fraction of sp³-hybridized carbons (Fsp3) is 0.0556. The predicted molar refractivity (Wildman–Crippen MR) is 166 cm³/mol. The highest BCUT2D eigenvalue weighted by molar-refractivity contribution is 5.71. The minimum absolute atomic E-state index is 0.700. The molecule has 6 heteroatoms. The zero-order chi connectivity index (χ0) is 28.1. The summed E-state index contributed by atoms with van der Waals surface area (Å²) in [7, 11) is 0. The van der Waals surface area contributed by atoms with Crippen LogP contribution in [0.5, 0.6) is 0 Å². The number of hydrogen-bond donors (Lipinski definition) is 0. The molecule has 0 aliphatic carbocycles. The molecular formula is C36H28N6. The lowest BCUT2D eigenvalue weighted by Gasteiger charge is -2.09. The molecule has 0 fully saturated rings. The number of hydrogen-bond acceptors (Lipinski definition) is 4. The largest absolute Gasteiger partial charge is 0.268 e. The van der Waals surface area contributed by atoms with E-state index in [9.17, 15) is 0 Å². The van der Waals surface area contributed by atoms with Gasteiger partial charge in [-0.25, -0.2) is 0 Å². The average Bonchev–Trinajstić information content (AvgIpc) is 3.72. The van der Waals surface area contributed by atoms with E-state index in [2.05, 4.69) is 82.8 Å². The molecule has 0 bridgehead atoms. The Balaban J connectivity index is 1.04. The van der Waals surface area contributed by atoms with Gasteiger partial charge in [-0.3, -0.25) is 19.3 Å². The molecule has 0 amide bonds. The lowest BCUT2D eigenvalue weighted by molar-refractivity contribution is 0.689. The molecule has 0 aliphatic rings.